The summed E-state index contributed by atoms with van der Waals surface area (Å²) in [6.07, 6.45) is 3.68. The van der Waals surface area contributed by atoms with Gasteiger partial charge in [-0.25, -0.2) is 0 Å². The van der Waals surface area contributed by atoms with Crippen LogP contribution in [-0.2, 0) is 0 Å². The number of aliphatic imine (C=N–C) groups is 1. The van der Waals surface area contributed by atoms with Crippen molar-refractivity contribution >= 4 is 17.1 Å². The molecule has 32 heavy (non-hydrogen) atoms. The summed E-state index contributed by atoms with van der Waals surface area (Å²) in [4.78, 5) is 6.36. The molecule has 0 amide bonds. The van der Waals surface area contributed by atoms with Crippen molar-refractivity contribution in [1.29, 1.82) is 10.5 Å². The Bertz CT molecular complexity index is 1070. The third kappa shape index (κ3) is 5.40. The second kappa shape index (κ2) is 10.2. The zero-order chi connectivity index (χ0) is 23.1. The van der Waals surface area contributed by atoms with E-state index in [9.17, 15) is 5.11 Å². The highest BCUT2D eigenvalue weighted by molar-refractivity contribution is 6.07. The molecular formula is C25H28N6O. The zero-order valence-corrected chi connectivity index (χ0v) is 18.4. The fourth-order valence-electron chi connectivity index (χ4n) is 3.82. The van der Waals surface area contributed by atoms with Crippen LogP contribution in [0.5, 0.6) is 0 Å². The molecule has 1 saturated heterocycles. The first-order valence-electron chi connectivity index (χ1n) is 10.6. The molecule has 1 aliphatic rings. The van der Waals surface area contributed by atoms with Crippen LogP contribution >= 0.6 is 0 Å². The van der Waals surface area contributed by atoms with Crippen molar-refractivity contribution in [2.24, 2.45) is 10.7 Å². The maximum Gasteiger partial charge on any atom is 0.158 e. The summed E-state index contributed by atoms with van der Waals surface area (Å²) in [6, 6.07) is 18.6. The van der Waals surface area contributed by atoms with E-state index in [2.05, 4.69) is 22.4 Å². The smallest absolute Gasteiger partial charge is 0.158 e. The summed E-state index contributed by atoms with van der Waals surface area (Å²) >= 11 is 0. The molecule has 0 bridgehead atoms. The SMILES string of the molecule is C/N=C(\C=C(/Nc1ccc(C#N)cc1)c1ccc(C#N)cc1)C(C)(O)N1CCC[C@@H](N)C1. The lowest BCUT2D eigenvalue weighted by molar-refractivity contribution is -0.0478. The number of likely N-dealkylation sites (tertiary alicyclic amines) is 1. The van der Waals surface area contributed by atoms with E-state index in [4.69, 9.17) is 16.3 Å². The van der Waals surface area contributed by atoms with Crippen molar-refractivity contribution in [2.45, 2.75) is 31.5 Å². The summed E-state index contributed by atoms with van der Waals surface area (Å²) in [5.41, 5.74) is 8.80. The first kappa shape index (κ1) is 23.2. The van der Waals surface area contributed by atoms with Crippen LogP contribution in [0.1, 0.15) is 36.5 Å². The molecule has 2 atom stereocenters. The van der Waals surface area contributed by atoms with E-state index in [-0.39, 0.29) is 6.04 Å². The van der Waals surface area contributed by atoms with Crippen LogP contribution < -0.4 is 11.1 Å². The number of nitriles is 2. The van der Waals surface area contributed by atoms with E-state index in [1.165, 1.54) is 0 Å². The van der Waals surface area contributed by atoms with E-state index in [0.29, 0.717) is 29.1 Å². The molecule has 7 heteroatoms. The monoisotopic (exact) mass is 428 g/mol. The van der Waals surface area contributed by atoms with Gasteiger partial charge >= 0.3 is 0 Å². The van der Waals surface area contributed by atoms with Crippen molar-refractivity contribution in [1.82, 2.24) is 4.90 Å². The lowest BCUT2D eigenvalue weighted by Crippen LogP contribution is -2.57. The van der Waals surface area contributed by atoms with Gasteiger partial charge in [0.25, 0.3) is 0 Å². The van der Waals surface area contributed by atoms with Crippen LogP contribution in [0.2, 0.25) is 0 Å². The highest BCUT2D eigenvalue weighted by Gasteiger charge is 2.36. The van der Waals surface area contributed by atoms with Crippen LogP contribution in [0.25, 0.3) is 5.70 Å². The first-order chi connectivity index (χ1) is 15.4. The number of nitrogens with zero attached hydrogens (tertiary/aromatic N) is 4. The van der Waals surface area contributed by atoms with Crippen molar-refractivity contribution in [3.63, 3.8) is 0 Å². The number of piperidine rings is 1. The van der Waals surface area contributed by atoms with Gasteiger partial charge in [0.15, 0.2) is 5.72 Å². The summed E-state index contributed by atoms with van der Waals surface area (Å²) in [7, 11) is 1.66. The minimum Gasteiger partial charge on any atom is -0.370 e. The molecule has 0 spiro atoms. The molecule has 164 valence electrons. The van der Waals surface area contributed by atoms with E-state index >= 15 is 0 Å². The Hall–Kier alpha value is -3.49. The van der Waals surface area contributed by atoms with E-state index in [0.717, 1.165) is 30.6 Å². The highest BCUT2D eigenvalue weighted by Crippen LogP contribution is 2.25. The normalized spacial score (nSPS) is 19.5. The van der Waals surface area contributed by atoms with Crippen LogP contribution in [0.3, 0.4) is 0 Å². The van der Waals surface area contributed by atoms with Gasteiger partial charge in [0.1, 0.15) is 0 Å². The van der Waals surface area contributed by atoms with Gasteiger partial charge in [-0.05, 0) is 67.8 Å². The lowest BCUT2D eigenvalue weighted by Gasteiger charge is -2.41. The third-order valence-corrected chi connectivity index (χ3v) is 5.70. The molecule has 0 aromatic heterocycles. The van der Waals surface area contributed by atoms with Gasteiger partial charge in [-0.2, -0.15) is 10.5 Å². The van der Waals surface area contributed by atoms with E-state index in [1.54, 1.807) is 38.2 Å². The van der Waals surface area contributed by atoms with Crippen LogP contribution in [0.15, 0.2) is 59.6 Å². The van der Waals surface area contributed by atoms with Gasteiger partial charge in [-0.3, -0.25) is 9.89 Å². The van der Waals surface area contributed by atoms with Gasteiger partial charge in [0.2, 0.25) is 0 Å². The molecule has 2 aromatic carbocycles. The summed E-state index contributed by atoms with van der Waals surface area (Å²) in [5, 5.41) is 33.0. The van der Waals surface area contributed by atoms with Crippen molar-refractivity contribution < 1.29 is 5.11 Å². The Kier molecular flexibility index (Phi) is 7.40. The molecule has 0 radical (unpaired) electrons. The second-order valence-electron chi connectivity index (χ2n) is 8.04. The molecule has 3 rings (SSSR count). The topological polar surface area (TPSA) is 121 Å². The Morgan fingerprint density at radius 1 is 1.16 bits per heavy atom. The first-order valence-corrected chi connectivity index (χ1v) is 10.6. The van der Waals surface area contributed by atoms with Crippen LogP contribution in [0, 0.1) is 22.7 Å². The summed E-state index contributed by atoms with van der Waals surface area (Å²) < 4.78 is 0. The lowest BCUT2D eigenvalue weighted by atomic mass is 9.98. The molecule has 1 fully saturated rings. The van der Waals surface area contributed by atoms with Crippen molar-refractivity contribution in [3.05, 3.63) is 71.3 Å². The summed E-state index contributed by atoms with van der Waals surface area (Å²) in [5.74, 6) is 0. The largest absolute Gasteiger partial charge is 0.370 e. The number of benzene rings is 2. The Labute approximate surface area is 189 Å². The van der Waals surface area contributed by atoms with Crippen molar-refractivity contribution in [2.75, 3.05) is 25.5 Å². The fourth-order valence-corrected chi connectivity index (χ4v) is 3.82. The quantitative estimate of drug-likeness (QED) is 0.608. The molecular weight excluding hydrogens is 400 g/mol. The summed E-state index contributed by atoms with van der Waals surface area (Å²) in [6.45, 7) is 3.07. The number of hydrogen-bond acceptors (Lipinski definition) is 7. The minimum atomic E-state index is -1.29. The third-order valence-electron chi connectivity index (χ3n) is 5.70. The molecule has 0 saturated carbocycles. The standard InChI is InChI=1S/C25H28N6O/c1-25(32,31-13-3-4-21(28)17-31)24(29-2)14-23(20-9-5-18(15-26)6-10-20)30-22-11-7-19(16-27)8-12-22/h5-12,14,21,30,32H,3-4,13,17,28H2,1-2H3/b23-14-,29-24+/t21-,25?/m1/s1. The van der Waals surface area contributed by atoms with Gasteiger partial charge in [0.05, 0.1) is 29.0 Å². The maximum atomic E-state index is 11.4. The molecule has 2 aromatic rings. The highest BCUT2D eigenvalue weighted by atomic mass is 16.3. The number of aliphatic hydroxyl groups is 1. The Balaban J connectivity index is 1.99. The minimum absolute atomic E-state index is 0.0204. The Morgan fingerprint density at radius 2 is 1.75 bits per heavy atom. The molecule has 1 aliphatic heterocycles. The number of nitrogens with two attached hydrogens (primary N) is 1. The van der Waals surface area contributed by atoms with Gasteiger partial charge in [-0.15, -0.1) is 0 Å². The van der Waals surface area contributed by atoms with Crippen molar-refractivity contribution in [3.8, 4) is 12.1 Å². The predicted octanol–water partition coefficient (Wildman–Crippen LogP) is 3.09. The predicted molar refractivity (Wildman–Crippen MR) is 127 cm³/mol. The number of nitrogens with one attached hydrogen (secondary N) is 1. The molecule has 1 heterocycles. The van der Waals surface area contributed by atoms with Gasteiger partial charge in [0, 0.05) is 37.6 Å². The van der Waals surface area contributed by atoms with E-state index < -0.39 is 5.72 Å². The molecule has 7 nitrogen and oxygen atoms in total. The van der Waals surface area contributed by atoms with Gasteiger partial charge in [-0.1, -0.05) is 12.1 Å². The number of hydrogen-bond donors (Lipinski definition) is 3. The Morgan fingerprint density at radius 3 is 2.28 bits per heavy atom. The second-order valence-corrected chi connectivity index (χ2v) is 8.04. The fraction of sp³-hybridized carbons (Fsp3) is 0.320. The number of rotatable bonds is 6. The molecule has 0 aliphatic carbocycles. The molecule has 4 N–H and O–H groups in total. The number of anilines is 1. The average Bonchev–Trinajstić information content (AvgIpc) is 2.82. The maximum absolute atomic E-state index is 11.4. The van der Waals surface area contributed by atoms with Crippen LogP contribution in [0.4, 0.5) is 5.69 Å². The zero-order valence-electron chi connectivity index (χ0n) is 18.4. The molecule has 1 unspecified atom stereocenters. The van der Waals surface area contributed by atoms with E-state index in [1.807, 2.05) is 35.2 Å². The van der Waals surface area contributed by atoms with Gasteiger partial charge < -0.3 is 16.2 Å². The van der Waals surface area contributed by atoms with Crippen LogP contribution in [-0.4, -0.2) is 47.6 Å². The average molecular weight is 429 g/mol.